The lowest BCUT2D eigenvalue weighted by Gasteiger charge is -2.41. The van der Waals surface area contributed by atoms with Crippen molar-refractivity contribution in [2.75, 3.05) is 7.11 Å². The molecule has 0 aliphatic carbocycles. The Bertz CT molecular complexity index is 382. The first kappa shape index (κ1) is 15.3. The Hall–Kier alpha value is -1.10. The molecule has 114 valence electrons. The number of ether oxygens (including phenoxy) is 2. The molecule has 0 aromatic heterocycles. The summed E-state index contributed by atoms with van der Waals surface area (Å²) in [6, 6.07) is 0.247. The van der Waals surface area contributed by atoms with Gasteiger partial charge in [0.2, 0.25) is 5.91 Å². The van der Waals surface area contributed by atoms with E-state index >= 15 is 0 Å². The first-order chi connectivity index (χ1) is 9.43. The third-order valence-corrected chi connectivity index (χ3v) is 4.26. The molecule has 2 aliphatic heterocycles. The molecular formula is C15H25NO4. The smallest absolute Gasteiger partial charge is 0.335 e. The summed E-state index contributed by atoms with van der Waals surface area (Å²) in [7, 11) is 1.37. The summed E-state index contributed by atoms with van der Waals surface area (Å²) in [6.07, 6.45) is 2.41. The van der Waals surface area contributed by atoms with Crippen LogP contribution in [0.1, 0.15) is 46.5 Å². The predicted molar refractivity (Wildman–Crippen MR) is 74.1 cm³/mol. The summed E-state index contributed by atoms with van der Waals surface area (Å²) >= 11 is 0. The highest BCUT2D eigenvalue weighted by Gasteiger charge is 2.47. The van der Waals surface area contributed by atoms with Crippen molar-refractivity contribution >= 4 is 11.9 Å². The molecule has 0 bridgehead atoms. The number of rotatable bonds is 3. The fourth-order valence-corrected chi connectivity index (χ4v) is 3.32. The molecular weight excluding hydrogens is 258 g/mol. The number of esters is 1. The number of amides is 1. The maximum absolute atomic E-state index is 12.5. The van der Waals surface area contributed by atoms with Gasteiger partial charge in [0, 0.05) is 18.9 Å². The summed E-state index contributed by atoms with van der Waals surface area (Å²) in [5.74, 6) is 0.188. The van der Waals surface area contributed by atoms with Crippen molar-refractivity contribution in [3.05, 3.63) is 0 Å². The molecule has 5 heteroatoms. The zero-order chi connectivity index (χ0) is 14.9. The molecule has 5 nitrogen and oxygen atoms in total. The molecule has 2 fully saturated rings. The van der Waals surface area contributed by atoms with Gasteiger partial charge in [0.15, 0.2) is 6.10 Å². The molecule has 2 aliphatic rings. The topological polar surface area (TPSA) is 55.8 Å². The third kappa shape index (κ3) is 2.97. The lowest BCUT2D eigenvalue weighted by Crippen LogP contribution is -2.53. The average Bonchev–Trinajstić information content (AvgIpc) is 2.80. The van der Waals surface area contributed by atoms with Gasteiger partial charge in [-0.05, 0) is 25.7 Å². The molecule has 0 radical (unpaired) electrons. The van der Waals surface area contributed by atoms with Gasteiger partial charge in [-0.25, -0.2) is 4.79 Å². The summed E-state index contributed by atoms with van der Waals surface area (Å²) in [5, 5.41) is 0. The van der Waals surface area contributed by atoms with Gasteiger partial charge in [-0.2, -0.15) is 0 Å². The van der Waals surface area contributed by atoms with E-state index in [9.17, 15) is 9.59 Å². The van der Waals surface area contributed by atoms with Crippen molar-refractivity contribution < 1.29 is 19.1 Å². The summed E-state index contributed by atoms with van der Waals surface area (Å²) < 4.78 is 10.5. The van der Waals surface area contributed by atoms with E-state index in [1.54, 1.807) is 0 Å². The molecule has 4 atom stereocenters. The van der Waals surface area contributed by atoms with Crippen molar-refractivity contribution in [3.63, 3.8) is 0 Å². The van der Waals surface area contributed by atoms with E-state index in [0.717, 1.165) is 12.8 Å². The summed E-state index contributed by atoms with van der Waals surface area (Å²) in [4.78, 5) is 26.1. The van der Waals surface area contributed by atoms with Crippen LogP contribution in [0.2, 0.25) is 0 Å². The Balaban J connectivity index is 2.10. The first-order valence-corrected chi connectivity index (χ1v) is 7.48. The molecule has 2 heterocycles. The average molecular weight is 283 g/mol. The molecule has 20 heavy (non-hydrogen) atoms. The van der Waals surface area contributed by atoms with Gasteiger partial charge in [0.1, 0.15) is 0 Å². The number of piperidine rings is 1. The molecule has 2 rings (SSSR count). The SMILES string of the molecule is COC(=O)C1CC2C(CCC(C)N2C(=O)CC(C)C)O1. The Kier molecular flexibility index (Phi) is 4.68. The van der Waals surface area contributed by atoms with Crippen LogP contribution in [-0.4, -0.2) is 48.2 Å². The van der Waals surface area contributed by atoms with Crippen LogP contribution in [0.5, 0.6) is 0 Å². The number of nitrogens with zero attached hydrogens (tertiary/aromatic N) is 1. The molecule has 0 spiro atoms. The van der Waals surface area contributed by atoms with Crippen molar-refractivity contribution in [1.29, 1.82) is 0 Å². The number of hydrogen-bond acceptors (Lipinski definition) is 4. The van der Waals surface area contributed by atoms with Crippen LogP contribution >= 0.6 is 0 Å². The molecule has 1 amide bonds. The Morgan fingerprint density at radius 3 is 2.65 bits per heavy atom. The van der Waals surface area contributed by atoms with Crippen LogP contribution in [0.25, 0.3) is 0 Å². The second-order valence-electron chi connectivity index (χ2n) is 6.31. The minimum Gasteiger partial charge on any atom is -0.467 e. The summed E-state index contributed by atoms with van der Waals surface area (Å²) in [6.45, 7) is 6.18. The Morgan fingerprint density at radius 2 is 2.05 bits per heavy atom. The second-order valence-corrected chi connectivity index (χ2v) is 6.31. The number of methoxy groups -OCH3 is 1. The van der Waals surface area contributed by atoms with Crippen molar-refractivity contribution in [2.45, 2.75) is 70.7 Å². The van der Waals surface area contributed by atoms with E-state index in [1.165, 1.54) is 7.11 Å². The van der Waals surface area contributed by atoms with E-state index in [2.05, 4.69) is 6.92 Å². The monoisotopic (exact) mass is 283 g/mol. The lowest BCUT2D eigenvalue weighted by molar-refractivity contribution is -0.154. The largest absolute Gasteiger partial charge is 0.467 e. The number of fused-ring (bicyclic) bond motifs is 1. The normalized spacial score (nSPS) is 33.1. The minimum atomic E-state index is -0.519. The predicted octanol–water partition coefficient (Wildman–Crippen LogP) is 1.74. The molecule has 0 aromatic rings. The zero-order valence-corrected chi connectivity index (χ0v) is 12.8. The fraction of sp³-hybridized carbons (Fsp3) is 0.867. The van der Waals surface area contributed by atoms with Crippen LogP contribution in [0, 0.1) is 5.92 Å². The second kappa shape index (κ2) is 6.12. The molecule has 0 saturated carbocycles. The number of likely N-dealkylation sites (tertiary alicyclic amines) is 1. The molecule has 0 aromatic carbocycles. The third-order valence-electron chi connectivity index (χ3n) is 4.26. The van der Waals surface area contributed by atoms with E-state index < -0.39 is 6.10 Å². The van der Waals surface area contributed by atoms with Crippen LogP contribution in [0.3, 0.4) is 0 Å². The van der Waals surface area contributed by atoms with Crippen molar-refractivity contribution in [2.24, 2.45) is 5.92 Å². The highest BCUT2D eigenvalue weighted by molar-refractivity contribution is 5.78. The highest BCUT2D eigenvalue weighted by atomic mass is 16.6. The molecule has 0 N–H and O–H groups in total. The van der Waals surface area contributed by atoms with Crippen LogP contribution in [-0.2, 0) is 19.1 Å². The van der Waals surface area contributed by atoms with Crippen LogP contribution in [0.4, 0.5) is 0 Å². The fourth-order valence-electron chi connectivity index (χ4n) is 3.32. The van der Waals surface area contributed by atoms with Gasteiger partial charge >= 0.3 is 5.97 Å². The van der Waals surface area contributed by atoms with Gasteiger partial charge < -0.3 is 14.4 Å². The Labute approximate surface area is 120 Å². The van der Waals surface area contributed by atoms with Crippen LogP contribution in [0.15, 0.2) is 0 Å². The number of carbonyl (C=O) groups is 2. The van der Waals surface area contributed by atoms with Gasteiger partial charge in [0.25, 0.3) is 0 Å². The highest BCUT2D eigenvalue weighted by Crippen LogP contribution is 2.35. The first-order valence-electron chi connectivity index (χ1n) is 7.48. The summed E-state index contributed by atoms with van der Waals surface area (Å²) in [5.41, 5.74) is 0. The standard InChI is InChI=1S/C15H25NO4/c1-9(2)7-14(17)16-10(3)5-6-12-11(16)8-13(20-12)15(18)19-4/h9-13H,5-8H2,1-4H3. The quantitative estimate of drug-likeness (QED) is 0.740. The van der Waals surface area contributed by atoms with Gasteiger partial charge in [-0.15, -0.1) is 0 Å². The number of carbonyl (C=O) groups excluding carboxylic acids is 2. The van der Waals surface area contributed by atoms with Gasteiger partial charge in [0.05, 0.1) is 19.3 Å². The van der Waals surface area contributed by atoms with Crippen LogP contribution < -0.4 is 0 Å². The van der Waals surface area contributed by atoms with Crippen molar-refractivity contribution in [3.8, 4) is 0 Å². The Morgan fingerprint density at radius 1 is 1.35 bits per heavy atom. The van der Waals surface area contributed by atoms with E-state index in [4.69, 9.17) is 9.47 Å². The molecule has 4 unspecified atom stereocenters. The lowest BCUT2D eigenvalue weighted by atomic mass is 9.91. The number of hydrogen-bond donors (Lipinski definition) is 0. The maximum Gasteiger partial charge on any atom is 0.335 e. The van der Waals surface area contributed by atoms with Crippen molar-refractivity contribution in [1.82, 2.24) is 4.90 Å². The van der Waals surface area contributed by atoms with Gasteiger partial charge in [-0.3, -0.25) is 4.79 Å². The molecule has 2 saturated heterocycles. The van der Waals surface area contributed by atoms with E-state index in [1.807, 2.05) is 18.7 Å². The minimum absolute atomic E-state index is 0.0218. The van der Waals surface area contributed by atoms with Gasteiger partial charge in [-0.1, -0.05) is 13.8 Å². The van der Waals surface area contributed by atoms with E-state index in [-0.39, 0.29) is 30.1 Å². The zero-order valence-electron chi connectivity index (χ0n) is 12.8. The van der Waals surface area contributed by atoms with E-state index in [0.29, 0.717) is 18.8 Å². The maximum atomic E-state index is 12.5.